The number of benzene rings is 1. The molecule has 1 aliphatic heterocycles. The number of amides is 1. The monoisotopic (exact) mass is 418 g/mol. The second kappa shape index (κ2) is 7.58. The van der Waals surface area contributed by atoms with Crippen LogP contribution in [0.3, 0.4) is 0 Å². The second-order valence-corrected chi connectivity index (χ2v) is 7.50. The first-order chi connectivity index (χ1) is 14.0. The number of halogens is 2. The average molecular weight is 418 g/mol. The molecule has 0 saturated heterocycles. The molecule has 29 heavy (non-hydrogen) atoms. The van der Waals surface area contributed by atoms with Crippen LogP contribution in [0.1, 0.15) is 28.5 Å². The predicted molar refractivity (Wildman–Crippen MR) is 104 cm³/mol. The van der Waals surface area contributed by atoms with Gasteiger partial charge in [-0.1, -0.05) is 17.8 Å². The van der Waals surface area contributed by atoms with Crippen molar-refractivity contribution in [3.05, 3.63) is 46.7 Å². The molecule has 0 atom stereocenters. The van der Waals surface area contributed by atoms with Crippen LogP contribution in [-0.2, 0) is 26.6 Å². The van der Waals surface area contributed by atoms with Crippen LogP contribution in [0.15, 0.2) is 23.4 Å². The molecule has 3 heterocycles. The highest BCUT2D eigenvalue weighted by atomic mass is 32.2. The number of fused-ring (bicyclic) bond motifs is 1. The van der Waals surface area contributed by atoms with E-state index in [0.717, 1.165) is 28.5 Å². The van der Waals surface area contributed by atoms with Crippen molar-refractivity contribution in [1.82, 2.24) is 29.4 Å². The maximum Gasteiger partial charge on any atom is 0.260 e. The van der Waals surface area contributed by atoms with Gasteiger partial charge in [-0.3, -0.25) is 9.48 Å². The lowest BCUT2D eigenvalue weighted by atomic mass is 10.0. The van der Waals surface area contributed by atoms with E-state index in [1.807, 2.05) is 24.8 Å². The van der Waals surface area contributed by atoms with Crippen LogP contribution < -0.4 is 0 Å². The van der Waals surface area contributed by atoms with Crippen molar-refractivity contribution in [2.24, 2.45) is 7.05 Å². The second-order valence-electron chi connectivity index (χ2n) is 6.73. The van der Waals surface area contributed by atoms with Gasteiger partial charge < -0.3 is 9.47 Å². The van der Waals surface area contributed by atoms with Crippen LogP contribution in [0.5, 0.6) is 0 Å². The summed E-state index contributed by atoms with van der Waals surface area (Å²) in [5, 5.41) is 13.9. The van der Waals surface area contributed by atoms with Crippen molar-refractivity contribution in [3.63, 3.8) is 0 Å². The Labute approximate surface area is 170 Å². The largest absolute Gasteiger partial charge is 0.334 e. The summed E-state index contributed by atoms with van der Waals surface area (Å²) in [7, 11) is 1.85. The van der Waals surface area contributed by atoms with Crippen LogP contribution in [0.25, 0.3) is 11.5 Å². The number of carbonyl (C=O) groups excluding carboxylic acids is 1. The summed E-state index contributed by atoms with van der Waals surface area (Å²) >= 11 is 1.49. The maximum atomic E-state index is 14.1. The fourth-order valence-electron chi connectivity index (χ4n) is 3.71. The molecule has 4 rings (SSSR count). The Morgan fingerprint density at radius 1 is 1.24 bits per heavy atom. The number of aryl methyl sites for hydroxylation is 1. The molecule has 0 N–H and O–H groups in total. The van der Waals surface area contributed by atoms with E-state index in [2.05, 4.69) is 15.3 Å². The maximum absolute atomic E-state index is 14.1. The number of thioether (sulfide) groups is 1. The Morgan fingerprint density at radius 2 is 1.97 bits per heavy atom. The van der Waals surface area contributed by atoms with Crippen LogP contribution in [0.2, 0.25) is 0 Å². The van der Waals surface area contributed by atoms with Gasteiger partial charge in [0.1, 0.15) is 22.9 Å². The quantitative estimate of drug-likeness (QED) is 0.610. The Hall–Kier alpha value is -2.75. The molecule has 1 amide bonds. The first-order valence-corrected chi connectivity index (χ1v) is 10.4. The minimum Gasteiger partial charge on any atom is -0.334 e. The van der Waals surface area contributed by atoms with E-state index in [1.165, 1.54) is 22.7 Å². The molecule has 152 valence electrons. The van der Waals surface area contributed by atoms with Gasteiger partial charge >= 0.3 is 0 Å². The van der Waals surface area contributed by atoms with Crippen LogP contribution in [0, 0.1) is 11.6 Å². The number of nitrogens with zero attached hydrogens (tertiary/aromatic N) is 6. The Bertz CT molecular complexity index is 1070. The topological polar surface area (TPSA) is 68.8 Å². The molecule has 0 unspecified atom stereocenters. The van der Waals surface area contributed by atoms with Crippen LogP contribution in [-0.4, -0.2) is 48.2 Å². The standard InChI is InChI=1S/C19H20F2N6OS/c1-4-27-17(22-23-19(27)29-3)16-11-10-26(9-8-14(11)25(2)24-16)18(28)15-12(20)6-5-7-13(15)21/h5-7H,4,8-10H2,1-3H3. The van der Waals surface area contributed by atoms with Crippen molar-refractivity contribution in [2.45, 2.75) is 31.6 Å². The first kappa shape index (κ1) is 19.6. The van der Waals surface area contributed by atoms with Crippen LogP contribution in [0.4, 0.5) is 8.78 Å². The molecule has 0 spiro atoms. The molecule has 7 nitrogen and oxygen atoms in total. The van der Waals surface area contributed by atoms with E-state index >= 15 is 0 Å². The van der Waals surface area contributed by atoms with Gasteiger partial charge in [0.05, 0.1) is 6.54 Å². The third kappa shape index (κ3) is 3.21. The summed E-state index contributed by atoms with van der Waals surface area (Å²) < 4.78 is 32.0. The number of rotatable bonds is 4. The molecule has 10 heteroatoms. The third-order valence-corrected chi connectivity index (χ3v) is 5.80. The van der Waals surface area contributed by atoms with Gasteiger partial charge in [0.15, 0.2) is 11.0 Å². The first-order valence-electron chi connectivity index (χ1n) is 9.21. The Kier molecular flexibility index (Phi) is 5.12. The van der Waals surface area contributed by atoms with E-state index < -0.39 is 23.1 Å². The van der Waals surface area contributed by atoms with Crippen molar-refractivity contribution in [1.29, 1.82) is 0 Å². The fraction of sp³-hybridized carbons (Fsp3) is 0.368. The molecule has 0 aliphatic carbocycles. The van der Waals surface area contributed by atoms with E-state index in [0.29, 0.717) is 31.0 Å². The molecule has 0 radical (unpaired) electrons. The Balaban J connectivity index is 1.73. The van der Waals surface area contributed by atoms with Crippen molar-refractivity contribution in [3.8, 4) is 11.5 Å². The molecular weight excluding hydrogens is 398 g/mol. The molecular formula is C19H20F2N6OS. The van der Waals surface area contributed by atoms with E-state index in [9.17, 15) is 13.6 Å². The zero-order valence-electron chi connectivity index (χ0n) is 16.3. The summed E-state index contributed by atoms with van der Waals surface area (Å²) in [6.07, 6.45) is 2.47. The van der Waals surface area contributed by atoms with Gasteiger partial charge in [-0.05, 0) is 25.3 Å². The molecule has 2 aromatic heterocycles. The predicted octanol–water partition coefficient (Wildman–Crippen LogP) is 2.90. The smallest absolute Gasteiger partial charge is 0.260 e. The summed E-state index contributed by atoms with van der Waals surface area (Å²) in [6.45, 7) is 3.23. The lowest BCUT2D eigenvalue weighted by Gasteiger charge is -2.28. The number of carbonyl (C=O) groups is 1. The van der Waals surface area contributed by atoms with E-state index in [4.69, 9.17) is 0 Å². The molecule has 3 aromatic rings. The molecule has 1 aliphatic rings. The molecule has 0 saturated carbocycles. The average Bonchev–Trinajstić information content (AvgIpc) is 3.27. The van der Waals surface area contributed by atoms with Gasteiger partial charge in [-0.15, -0.1) is 10.2 Å². The van der Waals surface area contributed by atoms with Crippen LogP contribution >= 0.6 is 11.8 Å². The van der Waals surface area contributed by atoms with Crippen molar-refractivity contribution in [2.75, 3.05) is 12.8 Å². The van der Waals surface area contributed by atoms with E-state index in [1.54, 1.807) is 4.68 Å². The lowest BCUT2D eigenvalue weighted by Crippen LogP contribution is -2.37. The summed E-state index contributed by atoms with van der Waals surface area (Å²) in [4.78, 5) is 14.3. The third-order valence-electron chi connectivity index (χ3n) is 5.13. The van der Waals surface area contributed by atoms with Crippen molar-refractivity contribution < 1.29 is 13.6 Å². The highest BCUT2D eigenvalue weighted by Crippen LogP contribution is 2.31. The summed E-state index contributed by atoms with van der Waals surface area (Å²) in [6, 6.07) is 3.43. The minimum absolute atomic E-state index is 0.205. The SMILES string of the molecule is CCn1c(SC)nnc1-c1nn(C)c2c1CN(C(=O)c1c(F)cccc1F)CC2. The van der Waals surface area contributed by atoms with Gasteiger partial charge in [0.25, 0.3) is 5.91 Å². The summed E-state index contributed by atoms with van der Waals surface area (Å²) in [5.74, 6) is -1.76. The zero-order valence-corrected chi connectivity index (χ0v) is 17.1. The molecule has 1 aromatic carbocycles. The normalized spacial score (nSPS) is 13.6. The van der Waals surface area contributed by atoms with Gasteiger partial charge in [-0.25, -0.2) is 8.78 Å². The van der Waals surface area contributed by atoms with Gasteiger partial charge in [0.2, 0.25) is 0 Å². The van der Waals surface area contributed by atoms with E-state index in [-0.39, 0.29) is 6.54 Å². The number of aromatic nitrogens is 5. The fourth-order valence-corrected chi connectivity index (χ4v) is 4.26. The number of hydrogen-bond acceptors (Lipinski definition) is 5. The highest BCUT2D eigenvalue weighted by molar-refractivity contribution is 7.98. The summed E-state index contributed by atoms with van der Waals surface area (Å²) in [5.41, 5.74) is 1.93. The molecule has 0 fully saturated rings. The lowest BCUT2D eigenvalue weighted by molar-refractivity contribution is 0.0723. The highest BCUT2D eigenvalue weighted by Gasteiger charge is 2.31. The number of hydrogen-bond donors (Lipinski definition) is 0. The minimum atomic E-state index is -0.859. The Morgan fingerprint density at radius 3 is 2.62 bits per heavy atom. The van der Waals surface area contributed by atoms with Gasteiger partial charge in [0, 0.05) is 37.8 Å². The molecule has 0 bridgehead atoms. The van der Waals surface area contributed by atoms with Crippen molar-refractivity contribution >= 4 is 17.7 Å². The van der Waals surface area contributed by atoms with Gasteiger partial charge in [-0.2, -0.15) is 5.10 Å². The zero-order chi connectivity index (χ0) is 20.7.